The Kier molecular flexibility index (Phi) is 3.93. The molecule has 88 valence electrons. The van der Waals surface area contributed by atoms with E-state index in [-0.39, 0.29) is 0 Å². The molecule has 0 saturated heterocycles. The summed E-state index contributed by atoms with van der Waals surface area (Å²) in [6, 6.07) is 2.43. The molecule has 0 bridgehead atoms. The van der Waals surface area contributed by atoms with Crippen LogP contribution in [0, 0.1) is 6.92 Å². The molecular formula is C13H21N3. The second-order valence-corrected chi connectivity index (χ2v) is 3.91. The van der Waals surface area contributed by atoms with Gasteiger partial charge in [-0.3, -0.25) is 0 Å². The lowest BCUT2D eigenvalue weighted by Crippen LogP contribution is -2.01. The van der Waals surface area contributed by atoms with Crippen LogP contribution in [0.3, 0.4) is 0 Å². The van der Waals surface area contributed by atoms with Crippen LogP contribution in [-0.4, -0.2) is 9.55 Å². The quantitative estimate of drug-likeness (QED) is 0.797. The topological polar surface area (TPSA) is 43.8 Å². The predicted molar refractivity (Wildman–Crippen MR) is 70.6 cm³/mol. The molecule has 3 heteroatoms. The molecule has 0 aliphatic carbocycles. The summed E-state index contributed by atoms with van der Waals surface area (Å²) in [4.78, 5) is 4.12. The normalized spacial score (nSPS) is 10.4. The van der Waals surface area contributed by atoms with Gasteiger partial charge >= 0.3 is 0 Å². The van der Waals surface area contributed by atoms with Gasteiger partial charge in [-0.05, 0) is 32.4 Å². The van der Waals surface area contributed by atoms with Crippen LogP contribution in [0.25, 0.3) is 10.9 Å². The zero-order valence-corrected chi connectivity index (χ0v) is 10.8. The van der Waals surface area contributed by atoms with Crippen LogP contribution in [0.4, 0.5) is 5.82 Å². The fourth-order valence-corrected chi connectivity index (χ4v) is 1.81. The highest BCUT2D eigenvalue weighted by atomic mass is 15.0. The second-order valence-electron chi connectivity index (χ2n) is 3.91. The lowest BCUT2D eigenvalue weighted by atomic mass is 10.2. The summed E-state index contributed by atoms with van der Waals surface area (Å²) in [6.45, 7) is 10.4. The molecule has 0 aromatic carbocycles. The van der Waals surface area contributed by atoms with E-state index in [4.69, 9.17) is 5.73 Å². The van der Waals surface area contributed by atoms with E-state index < -0.39 is 0 Å². The molecule has 0 spiro atoms. The number of hydrogen-bond acceptors (Lipinski definition) is 2. The minimum absolute atomic E-state index is 0.415. The number of nitrogens with two attached hydrogens (primary N) is 1. The Morgan fingerprint density at radius 1 is 1.31 bits per heavy atom. The van der Waals surface area contributed by atoms with Crippen molar-refractivity contribution in [2.24, 2.45) is 0 Å². The van der Waals surface area contributed by atoms with Crippen molar-refractivity contribution in [3.8, 4) is 0 Å². The summed E-state index contributed by atoms with van der Waals surface area (Å²) >= 11 is 0. The van der Waals surface area contributed by atoms with Crippen LogP contribution >= 0.6 is 0 Å². The van der Waals surface area contributed by atoms with Gasteiger partial charge in [0.1, 0.15) is 5.82 Å². The Hall–Kier alpha value is -1.51. The summed E-state index contributed by atoms with van der Waals surface area (Å²) < 4.78 is 2.17. The van der Waals surface area contributed by atoms with Gasteiger partial charge in [0, 0.05) is 23.8 Å². The monoisotopic (exact) mass is 219 g/mol. The van der Waals surface area contributed by atoms with Crippen molar-refractivity contribution in [1.29, 1.82) is 0 Å². The predicted octanol–water partition coefficient (Wildman–Crippen LogP) is 3.53. The fourth-order valence-electron chi connectivity index (χ4n) is 1.81. The molecule has 0 saturated carbocycles. The molecule has 2 aromatic heterocycles. The van der Waals surface area contributed by atoms with E-state index in [0.29, 0.717) is 11.9 Å². The van der Waals surface area contributed by atoms with Gasteiger partial charge in [-0.1, -0.05) is 13.8 Å². The molecule has 0 aliphatic heterocycles. The highest BCUT2D eigenvalue weighted by molar-refractivity contribution is 5.91. The average Bonchev–Trinajstić information content (AvgIpc) is 2.61. The van der Waals surface area contributed by atoms with Gasteiger partial charge in [0.05, 0.1) is 5.52 Å². The molecule has 0 aliphatic rings. The van der Waals surface area contributed by atoms with E-state index in [0.717, 1.165) is 5.52 Å². The van der Waals surface area contributed by atoms with E-state index in [9.17, 15) is 0 Å². The Bertz CT molecular complexity index is 469. The number of anilines is 1. The van der Waals surface area contributed by atoms with Crippen molar-refractivity contribution in [1.82, 2.24) is 9.55 Å². The van der Waals surface area contributed by atoms with Gasteiger partial charge in [-0.15, -0.1) is 0 Å². The van der Waals surface area contributed by atoms with Gasteiger partial charge < -0.3 is 10.3 Å². The number of pyridine rings is 1. The maximum atomic E-state index is 5.88. The zero-order chi connectivity index (χ0) is 12.3. The standard InChI is InChI=1S/C11H15N3.C2H6/c1-7(2)14-6-8(3)9-4-5-13-11(12)10(9)14;1-2/h4-7H,1-3H3,(H2,12,13);1-2H3. The van der Waals surface area contributed by atoms with E-state index in [1.807, 2.05) is 19.9 Å². The minimum atomic E-state index is 0.415. The van der Waals surface area contributed by atoms with E-state index in [2.05, 4.69) is 36.5 Å². The highest BCUT2D eigenvalue weighted by Crippen LogP contribution is 2.26. The number of nitrogen functional groups attached to an aromatic ring is 1. The Morgan fingerprint density at radius 3 is 2.50 bits per heavy atom. The molecular weight excluding hydrogens is 198 g/mol. The van der Waals surface area contributed by atoms with Crippen molar-refractivity contribution in [2.75, 3.05) is 5.73 Å². The average molecular weight is 219 g/mol. The maximum absolute atomic E-state index is 5.88. The fraction of sp³-hybridized carbons (Fsp3) is 0.462. The SMILES string of the molecule is CC.Cc1cn(C(C)C)c2c(N)nccc12. The van der Waals surface area contributed by atoms with Gasteiger partial charge in [-0.25, -0.2) is 4.98 Å². The van der Waals surface area contributed by atoms with Crippen molar-refractivity contribution in [2.45, 2.75) is 40.7 Å². The van der Waals surface area contributed by atoms with Crippen molar-refractivity contribution in [3.05, 3.63) is 24.0 Å². The minimum Gasteiger partial charge on any atom is -0.382 e. The number of hydrogen-bond donors (Lipinski definition) is 1. The van der Waals surface area contributed by atoms with Crippen LogP contribution in [0.1, 0.15) is 39.3 Å². The van der Waals surface area contributed by atoms with Crippen LogP contribution in [0.15, 0.2) is 18.5 Å². The van der Waals surface area contributed by atoms with Crippen molar-refractivity contribution in [3.63, 3.8) is 0 Å². The molecule has 0 amide bonds. The molecule has 2 N–H and O–H groups in total. The number of aromatic nitrogens is 2. The number of fused-ring (bicyclic) bond motifs is 1. The smallest absolute Gasteiger partial charge is 0.147 e. The van der Waals surface area contributed by atoms with Gasteiger partial charge in [-0.2, -0.15) is 0 Å². The summed E-state index contributed by atoms with van der Waals surface area (Å²) in [5.74, 6) is 0.615. The largest absolute Gasteiger partial charge is 0.382 e. The molecule has 0 radical (unpaired) electrons. The molecule has 2 aromatic rings. The Balaban J connectivity index is 0.000000606. The van der Waals surface area contributed by atoms with E-state index in [1.165, 1.54) is 10.9 Å². The first-order valence-corrected chi connectivity index (χ1v) is 5.83. The number of aryl methyl sites for hydroxylation is 1. The lowest BCUT2D eigenvalue weighted by Gasteiger charge is -2.09. The zero-order valence-electron chi connectivity index (χ0n) is 10.8. The van der Waals surface area contributed by atoms with Gasteiger partial charge in [0.2, 0.25) is 0 Å². The van der Waals surface area contributed by atoms with Crippen LogP contribution in [0.2, 0.25) is 0 Å². The molecule has 2 rings (SSSR count). The Morgan fingerprint density at radius 2 is 1.94 bits per heavy atom. The van der Waals surface area contributed by atoms with Gasteiger partial charge in [0.25, 0.3) is 0 Å². The number of rotatable bonds is 1. The summed E-state index contributed by atoms with van der Waals surface area (Å²) in [6.07, 6.45) is 3.89. The third kappa shape index (κ3) is 2.03. The second kappa shape index (κ2) is 5.01. The van der Waals surface area contributed by atoms with Crippen molar-refractivity contribution >= 4 is 16.7 Å². The van der Waals surface area contributed by atoms with E-state index >= 15 is 0 Å². The van der Waals surface area contributed by atoms with Crippen LogP contribution in [-0.2, 0) is 0 Å². The van der Waals surface area contributed by atoms with Crippen LogP contribution in [0.5, 0.6) is 0 Å². The number of nitrogens with zero attached hydrogens (tertiary/aromatic N) is 2. The molecule has 3 nitrogen and oxygen atoms in total. The molecule has 2 heterocycles. The van der Waals surface area contributed by atoms with Gasteiger partial charge in [0.15, 0.2) is 0 Å². The summed E-state index contributed by atoms with van der Waals surface area (Å²) in [5.41, 5.74) is 8.18. The van der Waals surface area contributed by atoms with Crippen LogP contribution < -0.4 is 5.73 Å². The Labute approximate surface area is 97.3 Å². The highest BCUT2D eigenvalue weighted by Gasteiger charge is 2.10. The molecule has 0 unspecified atom stereocenters. The summed E-state index contributed by atoms with van der Waals surface area (Å²) in [7, 11) is 0. The maximum Gasteiger partial charge on any atom is 0.147 e. The third-order valence-electron chi connectivity index (χ3n) is 2.52. The summed E-state index contributed by atoms with van der Waals surface area (Å²) in [5, 5.41) is 1.20. The first kappa shape index (κ1) is 12.6. The molecule has 0 fully saturated rings. The third-order valence-corrected chi connectivity index (χ3v) is 2.52. The lowest BCUT2D eigenvalue weighted by molar-refractivity contribution is 0.622. The molecule has 16 heavy (non-hydrogen) atoms. The molecule has 0 atom stereocenters. The first-order valence-electron chi connectivity index (χ1n) is 5.83. The first-order chi connectivity index (χ1) is 7.61. The van der Waals surface area contributed by atoms with Crippen molar-refractivity contribution < 1.29 is 0 Å². The van der Waals surface area contributed by atoms with E-state index in [1.54, 1.807) is 6.20 Å².